The van der Waals surface area contributed by atoms with Crippen LogP contribution in [0, 0.1) is 5.41 Å². The van der Waals surface area contributed by atoms with Gasteiger partial charge in [0.05, 0.1) is 0 Å². The quantitative estimate of drug-likeness (QED) is 0.517. The molecule has 9 heavy (non-hydrogen) atoms. The van der Waals surface area contributed by atoms with Crippen LogP contribution in [0.4, 0.5) is 0 Å². The number of hydrogen-bond acceptors (Lipinski definition) is 1. The van der Waals surface area contributed by atoms with E-state index in [1.165, 1.54) is 0 Å². The van der Waals surface area contributed by atoms with Gasteiger partial charge in [0, 0.05) is 0 Å². The normalized spacial score (nSPS) is 13.4. The molecular weight excluding hydrogens is 149 g/mol. The summed E-state index contributed by atoms with van der Waals surface area (Å²) in [4.78, 5) is 4.12. The molecule has 0 aromatic rings. The maximum absolute atomic E-state index is 4.12. The SMILES string of the molecule is CN=C([CH]=[V])C(C)(C)C. The Kier molecular flexibility index (Phi) is 3.38. The molecule has 1 nitrogen and oxygen atoms in total. The van der Waals surface area contributed by atoms with Crippen molar-refractivity contribution in [2.24, 2.45) is 10.4 Å². The summed E-state index contributed by atoms with van der Waals surface area (Å²) < 4.78 is 1.99. The minimum atomic E-state index is 0.196. The van der Waals surface area contributed by atoms with Crippen molar-refractivity contribution >= 4 is 10.4 Å². The van der Waals surface area contributed by atoms with Crippen LogP contribution in [0.25, 0.3) is 0 Å². The van der Waals surface area contributed by atoms with Gasteiger partial charge in [-0.2, -0.15) is 0 Å². The molecule has 0 aromatic carbocycles. The molecule has 0 N–H and O–H groups in total. The molecule has 0 amide bonds. The summed E-state index contributed by atoms with van der Waals surface area (Å²) in [5, 5.41) is 0. The van der Waals surface area contributed by atoms with Crippen LogP contribution < -0.4 is 0 Å². The summed E-state index contributed by atoms with van der Waals surface area (Å²) in [6.45, 7) is 6.46. The van der Waals surface area contributed by atoms with E-state index in [2.05, 4.69) is 42.7 Å². The topological polar surface area (TPSA) is 12.4 Å². The Balaban J connectivity index is 4.32. The standard InChI is InChI=1S/C7H13N.V/c1-6(8-5)7(2,3)4;/h1H,2-5H3;. The van der Waals surface area contributed by atoms with Crippen LogP contribution >= 0.6 is 0 Å². The number of nitrogens with zero attached hydrogens (tertiary/aromatic N) is 1. The molecule has 0 heterocycles. The van der Waals surface area contributed by atoms with Gasteiger partial charge in [0.25, 0.3) is 0 Å². The van der Waals surface area contributed by atoms with Gasteiger partial charge in [-0.15, -0.1) is 0 Å². The van der Waals surface area contributed by atoms with E-state index in [1.807, 2.05) is 11.8 Å². The fraction of sp³-hybridized carbons (Fsp3) is 0.714. The van der Waals surface area contributed by atoms with Gasteiger partial charge in [-0.05, 0) is 0 Å². The average molecular weight is 162 g/mol. The van der Waals surface area contributed by atoms with Crippen molar-refractivity contribution in [2.45, 2.75) is 20.8 Å². The average Bonchev–Trinajstić information content (AvgIpc) is 1.65. The summed E-state index contributed by atoms with van der Waals surface area (Å²) in [5.41, 5.74) is 1.34. The van der Waals surface area contributed by atoms with Gasteiger partial charge in [0.2, 0.25) is 0 Å². The molecule has 0 aliphatic heterocycles. The Morgan fingerprint density at radius 3 is 1.89 bits per heavy atom. The van der Waals surface area contributed by atoms with Gasteiger partial charge in [-0.1, -0.05) is 0 Å². The van der Waals surface area contributed by atoms with Crippen LogP contribution in [0.15, 0.2) is 4.99 Å². The first-order valence-electron chi connectivity index (χ1n) is 2.97. The molecule has 0 aliphatic carbocycles. The fourth-order valence-corrected chi connectivity index (χ4v) is 1.37. The van der Waals surface area contributed by atoms with Gasteiger partial charge in [0.15, 0.2) is 0 Å². The van der Waals surface area contributed by atoms with E-state index in [4.69, 9.17) is 0 Å². The molecule has 0 unspecified atom stereocenters. The summed E-state index contributed by atoms with van der Waals surface area (Å²) in [5.74, 6) is 0. The van der Waals surface area contributed by atoms with Crippen molar-refractivity contribution in [3.63, 3.8) is 0 Å². The van der Waals surface area contributed by atoms with Crippen LogP contribution in [0.3, 0.4) is 0 Å². The van der Waals surface area contributed by atoms with E-state index in [-0.39, 0.29) is 5.41 Å². The zero-order valence-electron chi connectivity index (χ0n) is 6.47. The molecule has 51 valence electrons. The van der Waals surface area contributed by atoms with E-state index >= 15 is 0 Å². The predicted molar refractivity (Wildman–Crippen MR) is 38.9 cm³/mol. The van der Waals surface area contributed by atoms with E-state index in [9.17, 15) is 0 Å². The molecule has 0 fully saturated rings. The second-order valence-corrected chi connectivity index (χ2v) is 3.39. The van der Waals surface area contributed by atoms with Crippen molar-refractivity contribution in [3.05, 3.63) is 0 Å². The van der Waals surface area contributed by atoms with Gasteiger partial charge in [-0.25, -0.2) is 0 Å². The van der Waals surface area contributed by atoms with Crippen molar-refractivity contribution in [1.29, 1.82) is 0 Å². The summed E-state index contributed by atoms with van der Waals surface area (Å²) >= 11 is 2.43. The Labute approximate surface area is 66.1 Å². The number of hydrogen-bond donors (Lipinski definition) is 0. The molecule has 0 saturated heterocycles. The van der Waals surface area contributed by atoms with E-state index in [1.54, 1.807) is 0 Å². The first-order valence-corrected chi connectivity index (χ1v) is 3.77. The fourth-order valence-electron chi connectivity index (χ4n) is 0.587. The molecule has 0 atom stereocenters. The maximum atomic E-state index is 4.12. The summed E-state index contributed by atoms with van der Waals surface area (Å²) in [6, 6.07) is 0. The van der Waals surface area contributed by atoms with Crippen LogP contribution in [0.1, 0.15) is 20.8 Å². The minimum absolute atomic E-state index is 0.196. The zero-order valence-corrected chi connectivity index (χ0v) is 7.87. The van der Waals surface area contributed by atoms with Gasteiger partial charge >= 0.3 is 65.6 Å². The Morgan fingerprint density at radius 1 is 1.44 bits per heavy atom. The Morgan fingerprint density at radius 2 is 1.89 bits per heavy atom. The third kappa shape index (κ3) is 2.97. The first-order chi connectivity index (χ1) is 4.02. The molecule has 0 aromatic heterocycles. The third-order valence-electron chi connectivity index (χ3n) is 1.13. The van der Waals surface area contributed by atoms with Gasteiger partial charge in [-0.3, -0.25) is 0 Å². The first kappa shape index (κ1) is 9.12. The van der Waals surface area contributed by atoms with E-state index < -0.39 is 0 Å². The van der Waals surface area contributed by atoms with E-state index in [0.717, 1.165) is 5.71 Å². The number of rotatable bonds is 1. The molecule has 0 bridgehead atoms. The Bertz CT molecular complexity index is 130. The third-order valence-corrected chi connectivity index (χ3v) is 1.51. The van der Waals surface area contributed by atoms with E-state index in [0.29, 0.717) is 0 Å². The molecule has 0 radical (unpaired) electrons. The van der Waals surface area contributed by atoms with Gasteiger partial charge < -0.3 is 0 Å². The van der Waals surface area contributed by atoms with Crippen molar-refractivity contribution in [2.75, 3.05) is 7.05 Å². The molecule has 0 aliphatic rings. The molecule has 0 saturated carbocycles. The monoisotopic (exact) mass is 162 g/mol. The van der Waals surface area contributed by atoms with Crippen molar-refractivity contribution in [3.8, 4) is 0 Å². The molecular formula is C7H13NV. The zero-order chi connectivity index (χ0) is 7.49. The van der Waals surface area contributed by atoms with Crippen molar-refractivity contribution in [1.82, 2.24) is 0 Å². The molecule has 0 spiro atoms. The molecule has 0 rings (SSSR count). The second kappa shape index (κ2) is 3.33. The van der Waals surface area contributed by atoms with Crippen LogP contribution in [-0.4, -0.2) is 17.5 Å². The summed E-state index contributed by atoms with van der Waals surface area (Å²) in [7, 11) is 1.82. The van der Waals surface area contributed by atoms with Crippen LogP contribution in [0.2, 0.25) is 0 Å². The predicted octanol–water partition coefficient (Wildman–Crippen LogP) is 1.45. The molecule has 2 heteroatoms. The Hall–Kier alpha value is 0.124. The second-order valence-electron chi connectivity index (χ2n) is 2.99. The summed E-state index contributed by atoms with van der Waals surface area (Å²) in [6.07, 6.45) is 0. The van der Waals surface area contributed by atoms with Gasteiger partial charge in [0.1, 0.15) is 0 Å². The van der Waals surface area contributed by atoms with Crippen LogP contribution in [-0.2, 0) is 17.0 Å². The van der Waals surface area contributed by atoms with Crippen LogP contribution in [0.5, 0.6) is 0 Å². The van der Waals surface area contributed by atoms with Crippen molar-refractivity contribution < 1.29 is 17.0 Å². The number of aliphatic imine (C=N–C) groups is 1.